The Bertz CT molecular complexity index is 3980. The quantitative estimate of drug-likeness (QED) is 0.112. The number of rotatable bonds is 11. The van der Waals surface area contributed by atoms with Gasteiger partial charge >= 0.3 is 0 Å². The molecule has 0 N–H and O–H groups in total. The number of hydrogen-bond acceptors (Lipinski definition) is 12. The van der Waals surface area contributed by atoms with E-state index in [1.54, 1.807) is 49.2 Å². The molecule has 0 aliphatic rings. The first-order valence-corrected chi connectivity index (χ1v) is 27.2. The third-order valence-corrected chi connectivity index (χ3v) is 13.2. The van der Waals surface area contributed by atoms with Gasteiger partial charge in [-0.3, -0.25) is 0 Å². The first-order valence-electron chi connectivity index (χ1n) is 27.2. The maximum absolute atomic E-state index is 4.53. The van der Waals surface area contributed by atoms with Gasteiger partial charge in [-0.2, -0.15) is 20.4 Å². The van der Waals surface area contributed by atoms with Gasteiger partial charge in [0.2, 0.25) is 0 Å². The fraction of sp³-hybridized carbons (Fsp3) is 0.212. The number of benzene rings is 4. The maximum atomic E-state index is 4.53. The Labute approximate surface area is 557 Å². The Morgan fingerprint density at radius 2 is 0.884 bits per heavy atom. The molecular formula is C66H64Ir4N16-4. The third kappa shape index (κ3) is 16.2. The second kappa shape index (κ2) is 33.0. The van der Waals surface area contributed by atoms with Gasteiger partial charge in [-0.15, -0.1) is 68.9 Å². The average molecular weight is 1850 g/mol. The largest absolute Gasteiger partial charge is 0.360 e. The minimum absolute atomic E-state index is 0. The number of para-hydroxylation sites is 4. The summed E-state index contributed by atoms with van der Waals surface area (Å²) in [5, 5.41) is 34.6. The van der Waals surface area contributed by atoms with Crippen LogP contribution < -0.4 is 0 Å². The molecule has 0 aliphatic heterocycles. The van der Waals surface area contributed by atoms with Crippen molar-refractivity contribution in [3.63, 3.8) is 0 Å². The first-order chi connectivity index (χ1) is 39.8. The second-order valence-electron chi connectivity index (χ2n) is 19.9. The van der Waals surface area contributed by atoms with E-state index in [4.69, 9.17) is 0 Å². The maximum Gasteiger partial charge on any atom is 0.131 e. The van der Waals surface area contributed by atoms with Crippen molar-refractivity contribution >= 4 is 0 Å². The molecule has 448 valence electrons. The van der Waals surface area contributed by atoms with E-state index < -0.39 is 0 Å². The van der Waals surface area contributed by atoms with Crippen LogP contribution in [0.25, 0.3) is 68.3 Å². The summed E-state index contributed by atoms with van der Waals surface area (Å²) in [6, 6.07) is 56.7. The smallest absolute Gasteiger partial charge is 0.131 e. The van der Waals surface area contributed by atoms with Crippen molar-refractivity contribution in [1.82, 2.24) is 79.0 Å². The van der Waals surface area contributed by atoms with E-state index in [0.717, 1.165) is 115 Å². The van der Waals surface area contributed by atoms with Gasteiger partial charge in [-0.1, -0.05) is 181 Å². The zero-order valence-corrected chi connectivity index (χ0v) is 59.0. The summed E-state index contributed by atoms with van der Waals surface area (Å²) in [7, 11) is 0. The van der Waals surface area contributed by atoms with Crippen LogP contribution in [-0.4, -0.2) is 79.0 Å². The van der Waals surface area contributed by atoms with E-state index in [9.17, 15) is 0 Å². The molecule has 0 fully saturated rings. The Hall–Kier alpha value is -7.36. The van der Waals surface area contributed by atoms with Crippen molar-refractivity contribution in [2.45, 2.75) is 94.4 Å². The van der Waals surface area contributed by atoms with Gasteiger partial charge in [-0.25, -0.2) is 0 Å². The summed E-state index contributed by atoms with van der Waals surface area (Å²) in [4.78, 5) is 17.1. The molecule has 20 heteroatoms. The second-order valence-corrected chi connectivity index (χ2v) is 19.9. The van der Waals surface area contributed by atoms with Gasteiger partial charge in [0.25, 0.3) is 0 Å². The number of aromatic nitrogens is 16. The average Bonchev–Trinajstić information content (AvgIpc) is 2.57. The van der Waals surface area contributed by atoms with Crippen molar-refractivity contribution in [2.24, 2.45) is 0 Å². The minimum atomic E-state index is 0. The van der Waals surface area contributed by atoms with Crippen LogP contribution in [0.4, 0.5) is 0 Å². The predicted octanol–water partition coefficient (Wildman–Crippen LogP) is 13.2. The zero-order chi connectivity index (χ0) is 57.7. The van der Waals surface area contributed by atoms with Crippen LogP contribution in [-0.2, 0) is 86.8 Å². The molecule has 12 rings (SSSR count). The van der Waals surface area contributed by atoms with Crippen molar-refractivity contribution < 1.29 is 80.4 Å². The van der Waals surface area contributed by atoms with Crippen LogP contribution in [0.5, 0.6) is 0 Å². The van der Waals surface area contributed by atoms with Gasteiger partial charge < -0.3 is 38.2 Å². The number of hydrogen-bond donors (Lipinski definition) is 0. The molecule has 0 saturated carbocycles. The molecule has 16 nitrogen and oxygen atoms in total. The predicted molar refractivity (Wildman–Crippen MR) is 320 cm³/mol. The Balaban J connectivity index is 0.000000207. The monoisotopic (exact) mass is 1850 g/mol. The molecule has 0 spiro atoms. The van der Waals surface area contributed by atoms with Crippen LogP contribution in [0.3, 0.4) is 0 Å². The minimum Gasteiger partial charge on any atom is -0.360 e. The molecular weight excluding hydrogens is 1790 g/mol. The fourth-order valence-electron chi connectivity index (χ4n) is 9.29. The van der Waals surface area contributed by atoms with E-state index in [0.29, 0.717) is 0 Å². The van der Waals surface area contributed by atoms with Gasteiger partial charge in [-0.05, 0) is 85.4 Å². The van der Waals surface area contributed by atoms with Gasteiger partial charge in [0.05, 0.1) is 23.3 Å². The molecule has 86 heavy (non-hydrogen) atoms. The van der Waals surface area contributed by atoms with Crippen LogP contribution in [0.2, 0.25) is 0 Å². The Morgan fingerprint density at radius 1 is 0.430 bits per heavy atom. The molecule has 0 unspecified atom stereocenters. The fourth-order valence-corrected chi connectivity index (χ4v) is 9.29. The van der Waals surface area contributed by atoms with E-state index >= 15 is 0 Å². The molecule has 12 aromatic rings. The Kier molecular flexibility index (Phi) is 26.6. The van der Waals surface area contributed by atoms with E-state index in [2.05, 4.69) is 173 Å². The van der Waals surface area contributed by atoms with Gasteiger partial charge in [0.15, 0.2) is 0 Å². The molecule has 8 aromatic heterocycles. The summed E-state index contributed by atoms with van der Waals surface area (Å²) in [6.07, 6.45) is 9.50. The van der Waals surface area contributed by atoms with Gasteiger partial charge in [0, 0.05) is 121 Å². The number of aryl methyl sites for hydroxylation is 7. The van der Waals surface area contributed by atoms with Crippen molar-refractivity contribution in [2.75, 3.05) is 0 Å². The molecule has 0 bridgehead atoms. The molecule has 0 atom stereocenters. The summed E-state index contributed by atoms with van der Waals surface area (Å²) < 4.78 is 8.30. The molecule has 8 heterocycles. The van der Waals surface area contributed by atoms with Crippen molar-refractivity contribution in [1.29, 1.82) is 0 Å². The number of pyridine rings is 4. The summed E-state index contributed by atoms with van der Waals surface area (Å²) in [6.45, 7) is 22.6. The normalized spacial score (nSPS) is 10.4. The molecule has 0 aliphatic carbocycles. The molecule has 4 radical (unpaired) electrons. The first kappa shape index (κ1) is 69.4. The molecule has 0 saturated heterocycles. The SMILES string of the molecule is CCc1nnc(-c2[c-]ccnc2)n1-c1ccccc1.Cc1c[c-]c(-c2nnc(C(C)C)n2-c2ccccc2)c(C)n1.Cc1cccc(C)c1-n1c(-c2[c-]ccnc2)nnc1C(C)C.Cc1ncc[c-]c1-c1nnc(C)n1-c1ccccc1.[Ir].[Ir].[Ir].[Ir]. The molecule has 0 amide bonds. The van der Waals surface area contributed by atoms with Crippen molar-refractivity contribution in [3.05, 3.63) is 240 Å². The third-order valence-electron chi connectivity index (χ3n) is 13.2. The van der Waals surface area contributed by atoms with Crippen LogP contribution in [0.1, 0.15) is 98.0 Å². The molecule has 4 aromatic carbocycles. The van der Waals surface area contributed by atoms with Crippen LogP contribution in [0.15, 0.2) is 164 Å². The van der Waals surface area contributed by atoms with Crippen LogP contribution >= 0.6 is 0 Å². The van der Waals surface area contributed by atoms with E-state index in [1.807, 2.05) is 122 Å². The van der Waals surface area contributed by atoms with E-state index in [1.165, 1.54) is 11.1 Å². The summed E-state index contributed by atoms with van der Waals surface area (Å²) in [5.41, 5.74) is 12.9. The zero-order valence-electron chi connectivity index (χ0n) is 49.4. The Morgan fingerprint density at radius 3 is 1.38 bits per heavy atom. The van der Waals surface area contributed by atoms with E-state index in [-0.39, 0.29) is 92.3 Å². The van der Waals surface area contributed by atoms with Crippen LogP contribution in [0, 0.1) is 65.8 Å². The van der Waals surface area contributed by atoms with Gasteiger partial charge in [0.1, 0.15) is 23.3 Å². The number of nitrogens with zero attached hydrogens (tertiary/aromatic N) is 16. The standard InChI is InChI=1S/2C18H19N4.2C15H13N4.4Ir/c1-12(2)17-20-21-18(15-9-6-10-19-11-15)22(17)16-13(3)7-5-8-14(16)4;1-12(2)17-20-21-18(16-11-10-13(3)19-14(16)4)22(17)15-8-6-5-7-9-15;1-11-14(9-6-10-16-11)15-18-17-12(2)19(15)13-7-4-3-5-8-13;1-2-14-17-18-15(12-7-6-10-16-11-12)19(14)13-8-4-3-5-9-13;;;;/h5-8,10-12H,1-4H3;5-10,12H,1-4H3;3-8,10H,1-2H3;3-6,8-11H,2H2,1H3;;;;/q4*-1;;;;. The summed E-state index contributed by atoms with van der Waals surface area (Å²) >= 11 is 0. The van der Waals surface area contributed by atoms with Crippen molar-refractivity contribution in [3.8, 4) is 68.3 Å². The topological polar surface area (TPSA) is 174 Å². The summed E-state index contributed by atoms with van der Waals surface area (Å²) in [5.74, 6) is 7.34.